The molecule has 0 aromatic carbocycles. The van der Waals surface area contributed by atoms with E-state index in [1.54, 1.807) is 0 Å². The number of halogens is 1. The van der Waals surface area contributed by atoms with Crippen molar-refractivity contribution in [3.63, 3.8) is 0 Å². The van der Waals surface area contributed by atoms with Crippen molar-refractivity contribution in [1.82, 2.24) is 0 Å². The molecule has 0 aromatic heterocycles. The molecule has 0 aromatic rings. The van der Waals surface area contributed by atoms with Crippen LogP contribution in [-0.4, -0.2) is 15.1 Å². The van der Waals surface area contributed by atoms with E-state index < -0.39 is 10.9 Å². The summed E-state index contributed by atoms with van der Waals surface area (Å²) < 4.78 is 16.8. The molecule has 4 heteroatoms. The summed E-state index contributed by atoms with van der Waals surface area (Å²) in [4.78, 5) is 0. The molecule has 0 aliphatic rings. The van der Waals surface area contributed by atoms with Crippen LogP contribution in [0.15, 0.2) is 0 Å². The van der Waals surface area contributed by atoms with Gasteiger partial charge in [0, 0.05) is 0 Å². The first-order chi connectivity index (χ1) is 1.73. The van der Waals surface area contributed by atoms with Crippen molar-refractivity contribution in [3.05, 3.63) is 0 Å². The predicted molar refractivity (Wildman–Crippen MR) is 22.7 cm³/mol. The van der Waals surface area contributed by atoms with Gasteiger partial charge in [-0.05, 0) is 0 Å². The quantitative estimate of drug-likeness (QED) is 0.470. The molecule has 2 nitrogen and oxygen atoms in total. The van der Waals surface area contributed by atoms with Gasteiger partial charge in [-0.1, -0.05) is 0 Å². The van der Waals surface area contributed by atoms with Crippen LogP contribution >= 0.6 is 20.3 Å². The fourth-order valence-electron chi connectivity index (χ4n) is 0. The summed E-state index contributed by atoms with van der Waals surface area (Å²) in [6, 6.07) is 0. The fraction of sp³-hybridized carbons (Fsp3) is 0. The van der Waals surface area contributed by atoms with E-state index in [0.717, 1.165) is 0 Å². The van der Waals surface area contributed by atoms with E-state index in [2.05, 4.69) is 0 Å². The Hall–Kier alpha value is 1.01. The second-order valence-electron chi connectivity index (χ2n) is 0.207. The molecule has 0 fully saturated rings. The summed E-state index contributed by atoms with van der Waals surface area (Å²) in [5.74, 6) is 0. The normalized spacial score (nSPS) is 15.5. The minimum atomic E-state index is -2.32. The topological polar surface area (TPSA) is 37.3 Å². The van der Waals surface area contributed by atoms with Crippen molar-refractivity contribution in [3.8, 4) is 0 Å². The van der Waals surface area contributed by atoms with E-state index in [1.165, 1.54) is 20.3 Å². The Morgan fingerprint density at radius 3 is 2.00 bits per heavy atom. The van der Waals surface area contributed by atoms with Crippen LogP contribution in [-0.2, 0) is 3.83 Å². The van der Waals surface area contributed by atoms with Crippen LogP contribution in [0.1, 0.15) is 0 Å². The Balaban J connectivity index is 2.80. The maximum atomic E-state index is 9.20. The molecule has 0 radical (unpaired) electrons. The molecule has 0 bridgehead atoms. The van der Waals surface area contributed by atoms with Crippen molar-refractivity contribution in [2.75, 3.05) is 0 Å². The van der Waals surface area contributed by atoms with Crippen LogP contribution in [0.2, 0.25) is 0 Å². The second kappa shape index (κ2) is 2.26. The van der Waals surface area contributed by atoms with Crippen molar-refractivity contribution in [2.45, 2.75) is 0 Å². The van der Waals surface area contributed by atoms with Crippen LogP contribution in [0.4, 0.5) is 0 Å². The average Bonchev–Trinajstić information content (AvgIpc) is 0.811. The van der Waals surface area contributed by atoms with Gasteiger partial charge in [0.15, 0.2) is 0 Å². The molecular formula is HIO2Se. The van der Waals surface area contributed by atoms with Gasteiger partial charge in [-0.2, -0.15) is 0 Å². The molecule has 1 unspecified atom stereocenters. The van der Waals surface area contributed by atoms with Gasteiger partial charge < -0.3 is 0 Å². The van der Waals surface area contributed by atoms with Gasteiger partial charge in [0.25, 0.3) is 0 Å². The van der Waals surface area contributed by atoms with Crippen LogP contribution in [0.5, 0.6) is 0 Å². The molecule has 0 rings (SSSR count). The molecule has 0 saturated heterocycles. The molecule has 1 atom stereocenters. The molecule has 0 amide bonds. The number of hydrogen-bond acceptors (Lipinski definition) is 1. The van der Waals surface area contributed by atoms with Gasteiger partial charge in [0.05, 0.1) is 0 Å². The van der Waals surface area contributed by atoms with E-state index in [4.69, 9.17) is 4.19 Å². The van der Waals surface area contributed by atoms with E-state index in [0.29, 0.717) is 0 Å². The Morgan fingerprint density at radius 2 is 2.00 bits per heavy atom. The van der Waals surface area contributed by atoms with Gasteiger partial charge in [0.2, 0.25) is 0 Å². The summed E-state index contributed by atoms with van der Waals surface area (Å²) in [5.41, 5.74) is 0. The fourth-order valence-corrected chi connectivity index (χ4v) is 0. The molecule has 26 valence electrons. The maximum absolute atomic E-state index is 9.20. The van der Waals surface area contributed by atoms with E-state index in [-0.39, 0.29) is 0 Å². The summed E-state index contributed by atoms with van der Waals surface area (Å²) in [5, 5.41) is 0. The van der Waals surface area contributed by atoms with Crippen LogP contribution < -0.4 is 0 Å². The van der Waals surface area contributed by atoms with Gasteiger partial charge in [-0.15, -0.1) is 0 Å². The molecule has 0 aliphatic heterocycles. The van der Waals surface area contributed by atoms with Crippen LogP contribution in [0, 0.1) is 0 Å². The summed E-state index contributed by atoms with van der Waals surface area (Å²) in [6.45, 7) is 0. The number of hydrogen-bond donors (Lipinski definition) is 1. The zero-order valence-corrected chi connectivity index (χ0v) is 5.51. The third-order valence-corrected chi connectivity index (χ3v) is 0. The van der Waals surface area contributed by atoms with Gasteiger partial charge in [0.1, 0.15) is 0 Å². The molecular weight excluding hydrogens is 238 g/mol. The van der Waals surface area contributed by atoms with Crippen molar-refractivity contribution >= 4 is 31.3 Å². The number of rotatable bonds is 0. The second-order valence-corrected chi connectivity index (χ2v) is 4.99. The zero-order valence-electron chi connectivity index (χ0n) is 1.64. The third-order valence-electron chi connectivity index (χ3n) is 0. The standard InChI is InChI=1S/HIO2Se/c1-4(2)3/h(H,2,3). The van der Waals surface area contributed by atoms with Crippen LogP contribution in [0.3, 0.4) is 0 Å². The van der Waals surface area contributed by atoms with Crippen molar-refractivity contribution < 1.29 is 8.02 Å². The Kier molecular flexibility index (Phi) is 2.83. The monoisotopic (exact) mass is 240 g/mol. The summed E-state index contributed by atoms with van der Waals surface area (Å²) >= 11 is 1.47. The predicted octanol–water partition coefficient (Wildman–Crippen LogP) is -0.171. The third kappa shape index (κ3) is 11.9. The van der Waals surface area contributed by atoms with Crippen molar-refractivity contribution in [2.24, 2.45) is 0 Å². The zero-order chi connectivity index (χ0) is 3.58. The minimum absolute atomic E-state index is 1.47. The molecule has 1 N–H and O–H groups in total. The molecule has 4 heavy (non-hydrogen) atoms. The van der Waals surface area contributed by atoms with E-state index in [9.17, 15) is 3.83 Å². The van der Waals surface area contributed by atoms with Gasteiger partial charge in [-0.25, -0.2) is 0 Å². The first-order valence-corrected chi connectivity index (χ1v) is 7.19. The Bertz CT molecular complexity index is 29.0. The van der Waals surface area contributed by atoms with E-state index >= 15 is 0 Å². The Morgan fingerprint density at radius 1 is 2.00 bits per heavy atom. The first kappa shape index (κ1) is 5.01. The molecule has 0 heterocycles. The van der Waals surface area contributed by atoms with Gasteiger partial charge >= 0.3 is 39.3 Å². The molecule has 0 spiro atoms. The van der Waals surface area contributed by atoms with Gasteiger partial charge in [-0.3, -0.25) is 0 Å². The SMILES string of the molecule is O=[Se](O)I. The molecule has 0 saturated carbocycles. The average molecular weight is 239 g/mol. The van der Waals surface area contributed by atoms with Crippen LogP contribution in [0.25, 0.3) is 0 Å². The Labute approximate surface area is 39.4 Å². The van der Waals surface area contributed by atoms with E-state index in [1.807, 2.05) is 0 Å². The first-order valence-electron chi connectivity index (χ1n) is 0.504. The summed E-state index contributed by atoms with van der Waals surface area (Å²) in [7, 11) is -2.32. The molecule has 0 aliphatic carbocycles. The summed E-state index contributed by atoms with van der Waals surface area (Å²) in [6.07, 6.45) is 0. The van der Waals surface area contributed by atoms with Crippen molar-refractivity contribution in [1.29, 1.82) is 0 Å².